The van der Waals surface area contributed by atoms with Gasteiger partial charge in [-0.15, -0.1) is 0 Å². The lowest BCUT2D eigenvalue weighted by Crippen LogP contribution is -2.53. The van der Waals surface area contributed by atoms with Gasteiger partial charge >= 0.3 is 0 Å². The molecule has 0 spiro atoms. The lowest BCUT2D eigenvalue weighted by molar-refractivity contribution is -0.149. The fourth-order valence-corrected chi connectivity index (χ4v) is 7.20. The smallest absolute Gasteiger partial charge is 0.139 e. The van der Waals surface area contributed by atoms with Gasteiger partial charge in [-0.2, -0.15) is 5.26 Å². The molecule has 3 saturated carbocycles. The van der Waals surface area contributed by atoms with Crippen molar-refractivity contribution in [3.05, 3.63) is 0 Å². The number of nitriles is 1. The van der Waals surface area contributed by atoms with Crippen molar-refractivity contribution in [2.75, 3.05) is 0 Å². The number of nitrogens with zero attached hydrogens (tertiary/aromatic N) is 1. The summed E-state index contributed by atoms with van der Waals surface area (Å²) in [5, 5.41) is 19.4. The van der Waals surface area contributed by atoms with E-state index in [-0.39, 0.29) is 16.9 Å². The van der Waals surface area contributed by atoms with Crippen LogP contribution in [0, 0.1) is 45.8 Å². The molecule has 0 bridgehead atoms. The van der Waals surface area contributed by atoms with E-state index in [0.29, 0.717) is 42.3 Å². The molecule has 1 unspecified atom stereocenters. The van der Waals surface area contributed by atoms with Crippen LogP contribution in [0.25, 0.3) is 0 Å². The Kier molecular flexibility index (Phi) is 4.82. The van der Waals surface area contributed by atoms with Crippen LogP contribution in [-0.4, -0.2) is 17.0 Å². The highest BCUT2D eigenvalue weighted by atomic mass is 16.3. The van der Waals surface area contributed by atoms with Crippen LogP contribution >= 0.6 is 0 Å². The second-order valence-corrected chi connectivity index (χ2v) is 8.98. The van der Waals surface area contributed by atoms with Gasteiger partial charge in [0.2, 0.25) is 0 Å². The number of carbonyl (C=O) groups excluding carboxylic acids is 1. The molecule has 0 aromatic rings. The summed E-state index contributed by atoms with van der Waals surface area (Å²) in [6, 6.07) is 2.28. The molecule has 0 heterocycles. The molecule has 24 heavy (non-hydrogen) atoms. The molecule has 0 aliphatic heterocycles. The Labute approximate surface area is 146 Å². The van der Waals surface area contributed by atoms with Crippen LogP contribution in [0.2, 0.25) is 0 Å². The molecule has 0 saturated heterocycles. The summed E-state index contributed by atoms with van der Waals surface area (Å²) in [4.78, 5) is 12.9. The number of ketones is 1. The van der Waals surface area contributed by atoms with Gasteiger partial charge in [-0.3, -0.25) is 4.79 Å². The first-order valence-electron chi connectivity index (χ1n) is 9.99. The van der Waals surface area contributed by atoms with E-state index in [9.17, 15) is 9.90 Å². The monoisotopic (exact) mass is 331 g/mol. The maximum Gasteiger partial charge on any atom is 0.139 e. The number of hydrogen-bond donors (Lipinski definition) is 1. The number of fused-ring (bicyclic) bond motifs is 3. The van der Waals surface area contributed by atoms with Crippen LogP contribution in [0.15, 0.2) is 0 Å². The predicted molar refractivity (Wildman–Crippen MR) is 94.0 cm³/mol. The number of aliphatic hydroxyl groups is 1. The molecule has 7 atom stereocenters. The summed E-state index contributed by atoms with van der Waals surface area (Å²) in [6.07, 6.45) is 8.23. The highest BCUT2D eigenvalue weighted by Crippen LogP contribution is 2.65. The highest BCUT2D eigenvalue weighted by Gasteiger charge is 2.60. The van der Waals surface area contributed by atoms with E-state index < -0.39 is 0 Å². The minimum absolute atomic E-state index is 0.226. The van der Waals surface area contributed by atoms with E-state index in [1.807, 2.05) is 6.92 Å². The molecule has 0 aromatic heterocycles. The quantitative estimate of drug-likeness (QED) is 0.825. The number of Topliss-reactive ketones (excluding diaryl/α,β-unsaturated/α-hetero) is 1. The molecule has 3 nitrogen and oxygen atoms in total. The zero-order valence-corrected chi connectivity index (χ0v) is 15.6. The Morgan fingerprint density at radius 3 is 2.67 bits per heavy atom. The van der Waals surface area contributed by atoms with Gasteiger partial charge in [0, 0.05) is 18.3 Å². The number of carbonyl (C=O) groups is 1. The third-order valence-electron chi connectivity index (χ3n) is 8.38. The van der Waals surface area contributed by atoms with Crippen LogP contribution in [0.5, 0.6) is 0 Å². The fourth-order valence-electron chi connectivity index (χ4n) is 7.20. The molecule has 3 fully saturated rings. The predicted octanol–water partition coefficient (Wildman–Crippen LogP) is 4.49. The van der Waals surface area contributed by atoms with Gasteiger partial charge in [0.1, 0.15) is 5.78 Å². The van der Waals surface area contributed by atoms with E-state index in [1.165, 1.54) is 6.42 Å². The zero-order chi connectivity index (χ0) is 17.5. The molecule has 3 heteroatoms. The van der Waals surface area contributed by atoms with Crippen molar-refractivity contribution in [3.63, 3.8) is 0 Å². The van der Waals surface area contributed by atoms with Crippen molar-refractivity contribution in [1.82, 2.24) is 0 Å². The molecule has 3 aliphatic carbocycles. The summed E-state index contributed by atoms with van der Waals surface area (Å²) in [7, 11) is 0. The number of rotatable bonds is 4. The number of aliphatic hydroxyl groups excluding tert-OH is 1. The maximum absolute atomic E-state index is 12.9. The molecule has 0 radical (unpaired) electrons. The third-order valence-corrected chi connectivity index (χ3v) is 8.38. The summed E-state index contributed by atoms with van der Waals surface area (Å²) < 4.78 is 0. The molecule has 0 aromatic carbocycles. The van der Waals surface area contributed by atoms with Crippen molar-refractivity contribution < 1.29 is 9.90 Å². The van der Waals surface area contributed by atoms with Gasteiger partial charge in [-0.1, -0.05) is 13.8 Å². The average Bonchev–Trinajstić information content (AvgIpc) is 2.91. The van der Waals surface area contributed by atoms with Gasteiger partial charge in [-0.05, 0) is 81.0 Å². The van der Waals surface area contributed by atoms with Crippen LogP contribution in [0.1, 0.15) is 78.6 Å². The highest BCUT2D eigenvalue weighted by molar-refractivity contribution is 5.86. The average molecular weight is 332 g/mol. The summed E-state index contributed by atoms with van der Waals surface area (Å²) in [5.74, 6) is 2.56. The molecule has 1 N–H and O–H groups in total. The standard InChI is InChI=1S/C21H33NO2/c1-4-21(11-5-13-22)18-10-12-20(3)16(14(2)23)7-8-17(20)15(18)6-9-19(21)24/h14-18,23H,4-12H2,1-3H3/t14?,15-,16+,17-,18+,20+,21-/m0/s1. The maximum atomic E-state index is 12.9. The fraction of sp³-hybridized carbons (Fsp3) is 0.905. The van der Waals surface area contributed by atoms with E-state index in [2.05, 4.69) is 19.9 Å². The molecular formula is C21H33NO2. The Bertz CT molecular complexity index is 536. The normalized spacial score (nSPS) is 46.0. The summed E-state index contributed by atoms with van der Waals surface area (Å²) >= 11 is 0. The minimum Gasteiger partial charge on any atom is -0.393 e. The number of hydrogen-bond acceptors (Lipinski definition) is 3. The Morgan fingerprint density at radius 1 is 1.29 bits per heavy atom. The first kappa shape index (κ1) is 17.9. The van der Waals surface area contributed by atoms with Crippen LogP contribution in [0.3, 0.4) is 0 Å². The van der Waals surface area contributed by atoms with Crippen LogP contribution in [0.4, 0.5) is 0 Å². The van der Waals surface area contributed by atoms with Crippen molar-refractivity contribution in [1.29, 1.82) is 5.26 Å². The summed E-state index contributed by atoms with van der Waals surface area (Å²) in [5.41, 5.74) is -0.00662. The lowest BCUT2D eigenvalue weighted by Gasteiger charge is -2.57. The van der Waals surface area contributed by atoms with Crippen molar-refractivity contribution in [2.24, 2.45) is 34.5 Å². The first-order valence-corrected chi connectivity index (χ1v) is 9.99. The molecule has 3 rings (SSSR count). The molecule has 3 aliphatic rings. The van der Waals surface area contributed by atoms with Crippen molar-refractivity contribution >= 4 is 5.78 Å². The largest absolute Gasteiger partial charge is 0.393 e. The van der Waals surface area contributed by atoms with Crippen molar-refractivity contribution in [3.8, 4) is 6.07 Å². The van der Waals surface area contributed by atoms with E-state index in [4.69, 9.17) is 5.26 Å². The Hall–Kier alpha value is -0.880. The van der Waals surface area contributed by atoms with E-state index >= 15 is 0 Å². The first-order chi connectivity index (χ1) is 11.4. The Balaban J connectivity index is 1.91. The Morgan fingerprint density at radius 2 is 2.04 bits per heavy atom. The van der Waals surface area contributed by atoms with Gasteiger partial charge in [0.25, 0.3) is 0 Å². The van der Waals surface area contributed by atoms with E-state index in [0.717, 1.165) is 38.5 Å². The molecule has 134 valence electrons. The van der Waals surface area contributed by atoms with E-state index in [1.54, 1.807) is 0 Å². The molecule has 0 amide bonds. The SMILES string of the molecule is CC[C@@]1(CCC#N)C(=O)CC[C@@H]2[C@H]1CC[C@]1(C)[C@@H](C(C)O)CC[C@@H]21. The second-order valence-electron chi connectivity index (χ2n) is 8.98. The topological polar surface area (TPSA) is 61.1 Å². The zero-order valence-electron chi connectivity index (χ0n) is 15.6. The lowest BCUT2D eigenvalue weighted by atomic mass is 9.47. The summed E-state index contributed by atoms with van der Waals surface area (Å²) in [6.45, 7) is 6.51. The second kappa shape index (κ2) is 6.45. The minimum atomic E-state index is -0.247. The van der Waals surface area contributed by atoms with Crippen LogP contribution < -0.4 is 0 Å². The van der Waals surface area contributed by atoms with Gasteiger partial charge in [-0.25, -0.2) is 0 Å². The van der Waals surface area contributed by atoms with Crippen molar-refractivity contribution in [2.45, 2.75) is 84.7 Å². The van der Waals surface area contributed by atoms with Crippen LogP contribution in [-0.2, 0) is 4.79 Å². The van der Waals surface area contributed by atoms with Gasteiger partial charge in [0.15, 0.2) is 0 Å². The van der Waals surface area contributed by atoms with Gasteiger partial charge < -0.3 is 5.11 Å². The molecular weight excluding hydrogens is 298 g/mol. The van der Waals surface area contributed by atoms with Gasteiger partial charge in [0.05, 0.1) is 12.2 Å². The third kappa shape index (κ3) is 2.45.